The number of aromatic nitrogens is 5. The van der Waals surface area contributed by atoms with Crippen LogP contribution in [0.15, 0.2) is 65.6 Å². The highest BCUT2D eigenvalue weighted by molar-refractivity contribution is 5.94. The molecular weight excluding hydrogens is 448 g/mol. The average molecular weight is 470 g/mol. The Hall–Kier alpha value is -4.98. The van der Waals surface area contributed by atoms with Crippen LogP contribution in [0.2, 0.25) is 0 Å². The summed E-state index contributed by atoms with van der Waals surface area (Å²) in [6.07, 6.45) is 1.99. The minimum absolute atomic E-state index is 0.0159. The zero-order valence-electron chi connectivity index (χ0n) is 18.8. The van der Waals surface area contributed by atoms with E-state index in [1.165, 1.54) is 13.3 Å². The minimum Gasteiger partial charge on any atom is -0.493 e. The molecule has 1 unspecified atom stereocenters. The molecule has 2 heterocycles. The Labute approximate surface area is 200 Å². The molecule has 4 aromatic rings. The second kappa shape index (κ2) is 10.3. The van der Waals surface area contributed by atoms with Crippen molar-refractivity contribution >= 4 is 5.84 Å². The number of nitrogens with two attached hydrogens (primary N) is 1. The predicted molar refractivity (Wildman–Crippen MR) is 127 cm³/mol. The first kappa shape index (κ1) is 23.2. The molecule has 0 saturated carbocycles. The summed E-state index contributed by atoms with van der Waals surface area (Å²) in [4.78, 5) is 15.5. The monoisotopic (exact) mass is 470 g/mol. The number of nitrogen functional groups attached to an aromatic ring is 1. The lowest BCUT2D eigenvalue weighted by Gasteiger charge is -2.17. The SMILES string of the molecule is COc1cc(C(Cc2ccc(C(=N)N)cc2)c2nn(-c3cccnn3)c(=O)[nH]2)ccc1OCC#N. The zero-order chi connectivity index (χ0) is 24.8. The number of aromatic amines is 1. The van der Waals surface area contributed by atoms with Gasteiger partial charge in [0.15, 0.2) is 23.9 Å². The lowest BCUT2D eigenvalue weighted by molar-refractivity contribution is 0.329. The first-order chi connectivity index (χ1) is 17.0. The van der Waals surface area contributed by atoms with Crippen LogP contribution in [0.25, 0.3) is 5.82 Å². The number of nitrogens with zero attached hydrogens (tertiary/aromatic N) is 5. The highest BCUT2D eigenvalue weighted by Gasteiger charge is 2.23. The van der Waals surface area contributed by atoms with Crippen molar-refractivity contribution < 1.29 is 9.47 Å². The van der Waals surface area contributed by atoms with Gasteiger partial charge >= 0.3 is 5.69 Å². The van der Waals surface area contributed by atoms with Gasteiger partial charge in [0.1, 0.15) is 17.7 Å². The molecule has 0 spiro atoms. The molecule has 2 aromatic heterocycles. The van der Waals surface area contributed by atoms with Gasteiger partial charge in [-0.2, -0.15) is 15.0 Å². The number of hydrogen-bond acceptors (Lipinski definition) is 8. The van der Waals surface area contributed by atoms with E-state index in [9.17, 15) is 4.79 Å². The molecule has 0 aliphatic heterocycles. The summed E-state index contributed by atoms with van der Waals surface area (Å²) in [6, 6.07) is 17.9. The first-order valence-electron chi connectivity index (χ1n) is 10.6. The molecule has 11 heteroatoms. The Balaban J connectivity index is 1.76. The fraction of sp³-hybridized carbons (Fsp3) is 0.167. The molecule has 11 nitrogen and oxygen atoms in total. The van der Waals surface area contributed by atoms with Gasteiger partial charge in [0.05, 0.1) is 7.11 Å². The molecule has 0 radical (unpaired) electrons. The highest BCUT2D eigenvalue weighted by atomic mass is 16.5. The van der Waals surface area contributed by atoms with Crippen molar-refractivity contribution in [2.24, 2.45) is 5.73 Å². The second-order valence-electron chi connectivity index (χ2n) is 7.53. The van der Waals surface area contributed by atoms with E-state index < -0.39 is 5.69 Å². The predicted octanol–water partition coefficient (Wildman–Crippen LogP) is 1.92. The Morgan fingerprint density at radius 1 is 1.23 bits per heavy atom. The Morgan fingerprint density at radius 2 is 2.03 bits per heavy atom. The first-order valence-corrected chi connectivity index (χ1v) is 10.6. The van der Waals surface area contributed by atoms with Gasteiger partial charge in [0.25, 0.3) is 0 Å². The lowest BCUT2D eigenvalue weighted by atomic mass is 9.90. The van der Waals surface area contributed by atoms with Crippen molar-refractivity contribution in [1.82, 2.24) is 25.0 Å². The zero-order valence-corrected chi connectivity index (χ0v) is 18.8. The Morgan fingerprint density at radius 3 is 2.69 bits per heavy atom. The maximum Gasteiger partial charge on any atom is 0.349 e. The topological polar surface area (TPSA) is 169 Å². The van der Waals surface area contributed by atoms with Crippen LogP contribution in [0.3, 0.4) is 0 Å². The molecule has 4 rings (SSSR count). The summed E-state index contributed by atoms with van der Waals surface area (Å²) >= 11 is 0. The normalized spacial score (nSPS) is 11.4. The summed E-state index contributed by atoms with van der Waals surface area (Å²) in [5.41, 5.74) is 7.50. The van der Waals surface area contributed by atoms with E-state index in [2.05, 4.69) is 20.3 Å². The molecule has 0 bridgehead atoms. The highest BCUT2D eigenvalue weighted by Crippen LogP contribution is 2.34. The molecule has 1 atom stereocenters. The molecule has 2 aromatic carbocycles. The summed E-state index contributed by atoms with van der Waals surface area (Å²) in [7, 11) is 1.51. The van der Waals surface area contributed by atoms with E-state index in [1.54, 1.807) is 36.4 Å². The summed E-state index contributed by atoms with van der Waals surface area (Å²) < 4.78 is 12.1. The van der Waals surface area contributed by atoms with Gasteiger partial charge in [-0.25, -0.2) is 4.79 Å². The fourth-order valence-corrected chi connectivity index (χ4v) is 3.62. The van der Waals surface area contributed by atoms with Gasteiger partial charge in [0.2, 0.25) is 0 Å². The van der Waals surface area contributed by atoms with Crippen molar-refractivity contribution in [1.29, 1.82) is 10.7 Å². The number of benzene rings is 2. The quantitative estimate of drug-likeness (QED) is 0.246. The largest absolute Gasteiger partial charge is 0.493 e. The van der Waals surface area contributed by atoms with Crippen LogP contribution in [0, 0.1) is 16.7 Å². The molecule has 4 N–H and O–H groups in total. The minimum atomic E-state index is -0.446. The van der Waals surface area contributed by atoms with Crippen LogP contribution in [-0.2, 0) is 6.42 Å². The van der Waals surface area contributed by atoms with E-state index >= 15 is 0 Å². The lowest BCUT2D eigenvalue weighted by Crippen LogP contribution is -2.17. The molecule has 0 amide bonds. The number of amidine groups is 1. The Kier molecular flexibility index (Phi) is 6.83. The third kappa shape index (κ3) is 5.17. The van der Waals surface area contributed by atoms with E-state index in [0.717, 1.165) is 15.8 Å². The molecule has 0 aliphatic rings. The molecule has 0 aliphatic carbocycles. The van der Waals surface area contributed by atoms with E-state index in [4.69, 9.17) is 25.9 Å². The van der Waals surface area contributed by atoms with Crippen molar-refractivity contribution in [2.45, 2.75) is 12.3 Å². The van der Waals surface area contributed by atoms with Gasteiger partial charge in [-0.3, -0.25) is 10.4 Å². The third-order valence-electron chi connectivity index (χ3n) is 5.33. The number of nitriles is 1. The van der Waals surface area contributed by atoms with Crippen molar-refractivity contribution in [2.75, 3.05) is 13.7 Å². The van der Waals surface area contributed by atoms with Gasteiger partial charge in [-0.1, -0.05) is 30.3 Å². The third-order valence-corrected chi connectivity index (χ3v) is 5.33. The van der Waals surface area contributed by atoms with Crippen LogP contribution in [0.5, 0.6) is 11.5 Å². The van der Waals surface area contributed by atoms with E-state index in [0.29, 0.717) is 35.1 Å². The van der Waals surface area contributed by atoms with Crippen LogP contribution in [0.1, 0.15) is 28.4 Å². The summed E-state index contributed by atoms with van der Waals surface area (Å²) in [5.74, 6) is 1.21. The van der Waals surface area contributed by atoms with Crippen LogP contribution < -0.4 is 20.9 Å². The van der Waals surface area contributed by atoms with Crippen molar-refractivity contribution in [3.8, 4) is 23.4 Å². The number of hydrogen-bond donors (Lipinski definition) is 3. The van der Waals surface area contributed by atoms with Crippen LogP contribution in [0.4, 0.5) is 0 Å². The molecular formula is C24H22N8O3. The fourth-order valence-electron chi connectivity index (χ4n) is 3.62. The van der Waals surface area contributed by atoms with Crippen molar-refractivity contribution in [3.63, 3.8) is 0 Å². The molecule has 0 fully saturated rings. The molecule has 176 valence electrons. The average Bonchev–Trinajstić information content (AvgIpc) is 3.27. The summed E-state index contributed by atoms with van der Waals surface area (Å²) in [6.45, 7) is -0.114. The molecule has 0 saturated heterocycles. The number of H-pyrrole nitrogens is 1. The van der Waals surface area contributed by atoms with E-state index in [1.807, 2.05) is 24.3 Å². The Bertz CT molecular complexity index is 1420. The number of rotatable bonds is 9. The second-order valence-corrected chi connectivity index (χ2v) is 7.53. The standard InChI is InChI=1S/C24H22N8O3/c1-34-20-14-17(8-9-19(20)35-12-10-25)18(13-15-4-6-16(7-5-15)22(26)27)23-29-24(33)32(31-23)21-3-2-11-28-30-21/h2-9,11,14,18H,12-13H2,1H3,(H3,26,27)(H,29,31,33). The van der Waals surface area contributed by atoms with Gasteiger partial charge in [0, 0.05) is 17.7 Å². The van der Waals surface area contributed by atoms with Gasteiger partial charge in [-0.15, -0.1) is 10.2 Å². The van der Waals surface area contributed by atoms with Crippen LogP contribution in [-0.4, -0.2) is 44.5 Å². The maximum absolute atomic E-state index is 12.7. The number of methoxy groups -OCH3 is 1. The van der Waals surface area contributed by atoms with E-state index in [-0.39, 0.29) is 18.4 Å². The maximum atomic E-state index is 12.7. The molecule has 35 heavy (non-hydrogen) atoms. The van der Waals surface area contributed by atoms with Gasteiger partial charge < -0.3 is 15.2 Å². The smallest absolute Gasteiger partial charge is 0.349 e. The number of ether oxygens (including phenoxy) is 2. The summed E-state index contributed by atoms with van der Waals surface area (Å²) in [5, 5.41) is 28.7. The number of nitrogens with one attached hydrogen (secondary N) is 2. The van der Waals surface area contributed by atoms with Crippen molar-refractivity contribution in [3.05, 3.63) is 93.8 Å². The van der Waals surface area contributed by atoms with Gasteiger partial charge in [-0.05, 0) is 41.8 Å². The van der Waals surface area contributed by atoms with Crippen LogP contribution >= 0.6 is 0 Å².